The molecule has 162 valence electrons. The van der Waals surface area contributed by atoms with E-state index in [-0.39, 0.29) is 10.6 Å². The Morgan fingerprint density at radius 1 is 1.10 bits per heavy atom. The first-order chi connectivity index (χ1) is 14.3. The van der Waals surface area contributed by atoms with Gasteiger partial charge in [-0.25, -0.2) is 13.1 Å². The van der Waals surface area contributed by atoms with Gasteiger partial charge in [0.1, 0.15) is 11.4 Å². The predicted octanol–water partition coefficient (Wildman–Crippen LogP) is 1.88. The predicted molar refractivity (Wildman–Crippen MR) is 115 cm³/mol. The van der Waals surface area contributed by atoms with Crippen molar-refractivity contribution >= 4 is 21.4 Å². The van der Waals surface area contributed by atoms with Crippen molar-refractivity contribution in [1.29, 1.82) is 0 Å². The third-order valence-corrected chi connectivity index (χ3v) is 6.72. The van der Waals surface area contributed by atoms with Crippen molar-refractivity contribution < 1.29 is 18.1 Å². The summed E-state index contributed by atoms with van der Waals surface area (Å²) in [6, 6.07) is 12.1. The largest absolute Gasteiger partial charge is 0.497 e. The lowest BCUT2D eigenvalue weighted by Gasteiger charge is -2.35. The van der Waals surface area contributed by atoms with Gasteiger partial charge in [-0.2, -0.15) is 0 Å². The number of rotatable bonds is 8. The van der Waals surface area contributed by atoms with Crippen LogP contribution in [0.4, 0.5) is 11.4 Å². The molecule has 0 atom stereocenters. The summed E-state index contributed by atoms with van der Waals surface area (Å²) in [5, 5.41) is 11.5. The fourth-order valence-electron chi connectivity index (χ4n) is 3.49. The number of ether oxygens (including phenoxy) is 1. The number of benzene rings is 2. The fraction of sp³-hybridized carbons (Fsp3) is 0.400. The van der Waals surface area contributed by atoms with Crippen molar-refractivity contribution in [3.05, 3.63) is 58.1 Å². The lowest BCUT2D eigenvalue weighted by Crippen LogP contribution is -2.47. The molecule has 0 radical (unpaired) electrons. The Hall–Kier alpha value is -2.69. The molecular formula is C20H26N4O5S. The molecule has 30 heavy (non-hydrogen) atoms. The van der Waals surface area contributed by atoms with Gasteiger partial charge in [-0.3, -0.25) is 15.0 Å². The van der Waals surface area contributed by atoms with Gasteiger partial charge in [0.05, 0.1) is 16.9 Å². The van der Waals surface area contributed by atoms with Crippen LogP contribution in [-0.4, -0.2) is 65.1 Å². The number of anilines is 1. The molecule has 0 amide bonds. The van der Waals surface area contributed by atoms with Crippen LogP contribution in [-0.2, 0) is 16.4 Å². The highest BCUT2D eigenvalue weighted by Gasteiger charge is 2.26. The van der Waals surface area contributed by atoms with E-state index >= 15 is 0 Å². The normalized spacial score (nSPS) is 15.2. The lowest BCUT2D eigenvalue weighted by molar-refractivity contribution is -0.384. The molecule has 2 aromatic rings. The summed E-state index contributed by atoms with van der Waals surface area (Å²) >= 11 is 0. The molecule has 1 N–H and O–H groups in total. The van der Waals surface area contributed by atoms with Crippen LogP contribution < -0.4 is 14.4 Å². The Labute approximate surface area is 176 Å². The van der Waals surface area contributed by atoms with Crippen molar-refractivity contribution in [2.45, 2.75) is 11.3 Å². The zero-order valence-electron chi connectivity index (χ0n) is 17.1. The maximum Gasteiger partial charge on any atom is 0.293 e. The van der Waals surface area contributed by atoms with Crippen molar-refractivity contribution in [3.8, 4) is 5.75 Å². The van der Waals surface area contributed by atoms with E-state index in [1.807, 2.05) is 17.0 Å². The molecule has 10 heteroatoms. The maximum atomic E-state index is 12.0. The first-order valence-electron chi connectivity index (χ1n) is 9.66. The van der Waals surface area contributed by atoms with Gasteiger partial charge in [0.15, 0.2) is 0 Å². The van der Waals surface area contributed by atoms with Crippen LogP contribution in [0.15, 0.2) is 47.4 Å². The zero-order chi connectivity index (χ0) is 21.7. The third-order valence-electron chi connectivity index (χ3n) is 5.31. The van der Waals surface area contributed by atoms with Crippen LogP contribution in [0, 0.1) is 10.1 Å². The van der Waals surface area contributed by atoms with Gasteiger partial charge < -0.3 is 9.64 Å². The molecule has 0 unspecified atom stereocenters. The Bertz CT molecular complexity index is 987. The first kappa shape index (κ1) is 22.0. The van der Waals surface area contributed by atoms with Crippen LogP contribution in [0.2, 0.25) is 0 Å². The number of nitrogens with zero attached hydrogens (tertiary/aromatic N) is 3. The minimum Gasteiger partial charge on any atom is -0.497 e. The maximum absolute atomic E-state index is 12.0. The van der Waals surface area contributed by atoms with Gasteiger partial charge in [0.25, 0.3) is 5.69 Å². The molecule has 0 bridgehead atoms. The van der Waals surface area contributed by atoms with E-state index in [2.05, 4.69) is 21.8 Å². The van der Waals surface area contributed by atoms with Gasteiger partial charge in [-0.1, -0.05) is 12.1 Å². The summed E-state index contributed by atoms with van der Waals surface area (Å²) in [7, 11) is -0.815. The van der Waals surface area contributed by atoms with E-state index in [0.29, 0.717) is 18.8 Å². The summed E-state index contributed by atoms with van der Waals surface area (Å²) in [5.74, 6) is 0.836. The minimum absolute atomic E-state index is 0.112. The highest BCUT2D eigenvalue weighted by molar-refractivity contribution is 7.89. The van der Waals surface area contributed by atoms with E-state index < -0.39 is 14.9 Å². The number of hydrogen-bond donors (Lipinski definition) is 1. The van der Waals surface area contributed by atoms with E-state index in [9.17, 15) is 18.5 Å². The number of nitrogens with one attached hydrogen (secondary N) is 1. The van der Waals surface area contributed by atoms with Crippen LogP contribution in [0.3, 0.4) is 0 Å². The highest BCUT2D eigenvalue weighted by Crippen LogP contribution is 2.31. The topological polar surface area (TPSA) is 105 Å². The number of piperazine rings is 1. The van der Waals surface area contributed by atoms with Gasteiger partial charge in [0, 0.05) is 38.8 Å². The second-order valence-electron chi connectivity index (χ2n) is 7.04. The van der Waals surface area contributed by atoms with E-state index in [1.165, 1.54) is 24.7 Å². The molecule has 1 saturated heterocycles. The molecule has 9 nitrogen and oxygen atoms in total. The second kappa shape index (κ2) is 9.41. The molecule has 1 fully saturated rings. The van der Waals surface area contributed by atoms with Crippen LogP contribution in [0.25, 0.3) is 0 Å². The number of methoxy groups -OCH3 is 1. The van der Waals surface area contributed by atoms with E-state index in [4.69, 9.17) is 4.74 Å². The van der Waals surface area contributed by atoms with Crippen LogP contribution in [0.1, 0.15) is 5.56 Å². The second-order valence-corrected chi connectivity index (χ2v) is 8.93. The average molecular weight is 435 g/mol. The van der Waals surface area contributed by atoms with Gasteiger partial charge >= 0.3 is 0 Å². The van der Waals surface area contributed by atoms with Gasteiger partial charge in [-0.05, 0) is 43.3 Å². The molecule has 0 aliphatic carbocycles. The minimum atomic E-state index is -3.74. The Kier molecular flexibility index (Phi) is 6.91. The van der Waals surface area contributed by atoms with Crippen LogP contribution >= 0.6 is 0 Å². The molecule has 0 saturated carbocycles. The van der Waals surface area contributed by atoms with Crippen molar-refractivity contribution in [3.63, 3.8) is 0 Å². The molecule has 0 aromatic heterocycles. The number of nitro benzene ring substituents is 1. The van der Waals surface area contributed by atoms with Crippen molar-refractivity contribution in [2.24, 2.45) is 0 Å². The Morgan fingerprint density at radius 2 is 1.77 bits per heavy atom. The monoisotopic (exact) mass is 434 g/mol. The lowest BCUT2D eigenvalue weighted by atomic mass is 10.1. The Balaban J connectivity index is 1.63. The molecule has 1 heterocycles. The van der Waals surface area contributed by atoms with Gasteiger partial charge in [0.2, 0.25) is 10.0 Å². The summed E-state index contributed by atoms with van der Waals surface area (Å²) in [4.78, 5) is 15.2. The standard InChI is InChI=1S/C20H26N4O5S/c1-21-30(27,28)18-7-8-19(20(15-18)24(25)26)23-13-11-22(12-14-23)10-9-16-3-5-17(29-2)6-4-16/h3-8,15,21H,9-14H2,1-2H3. The zero-order valence-corrected chi connectivity index (χ0v) is 17.9. The Morgan fingerprint density at radius 3 is 2.33 bits per heavy atom. The number of nitro groups is 1. The first-order valence-corrected chi connectivity index (χ1v) is 11.1. The quantitative estimate of drug-likeness (QED) is 0.499. The summed E-state index contributed by atoms with van der Waals surface area (Å²) in [5.41, 5.74) is 1.48. The summed E-state index contributed by atoms with van der Waals surface area (Å²) in [6.45, 7) is 3.75. The molecule has 3 rings (SSSR count). The summed E-state index contributed by atoms with van der Waals surface area (Å²) in [6.07, 6.45) is 0.917. The average Bonchev–Trinajstić information content (AvgIpc) is 2.78. The number of hydrogen-bond acceptors (Lipinski definition) is 7. The highest BCUT2D eigenvalue weighted by atomic mass is 32.2. The van der Waals surface area contributed by atoms with Crippen LogP contribution in [0.5, 0.6) is 5.75 Å². The SMILES string of the molecule is CNS(=O)(=O)c1ccc(N2CCN(CCc3ccc(OC)cc3)CC2)c([N+](=O)[O-])c1. The fourth-order valence-corrected chi connectivity index (χ4v) is 4.24. The van der Waals surface area contributed by atoms with Crippen molar-refractivity contribution in [1.82, 2.24) is 9.62 Å². The molecule has 1 aliphatic heterocycles. The molecule has 0 spiro atoms. The van der Waals surface area contributed by atoms with Crippen molar-refractivity contribution in [2.75, 3.05) is 51.8 Å². The smallest absolute Gasteiger partial charge is 0.293 e. The van der Waals surface area contributed by atoms with E-state index in [1.54, 1.807) is 7.11 Å². The van der Waals surface area contributed by atoms with E-state index in [0.717, 1.165) is 37.9 Å². The summed E-state index contributed by atoms with van der Waals surface area (Å²) < 4.78 is 31.3. The molecular weight excluding hydrogens is 408 g/mol. The number of sulfonamides is 1. The third kappa shape index (κ3) is 5.07. The molecule has 2 aromatic carbocycles. The van der Waals surface area contributed by atoms with Gasteiger partial charge in [-0.15, -0.1) is 0 Å². The molecule has 1 aliphatic rings.